The molecular weight excluding hydrogens is 697 g/mol. The summed E-state index contributed by atoms with van der Waals surface area (Å²) in [7, 11) is -4.34. The molecule has 1 N–H and O–H groups in total. The zero-order chi connectivity index (χ0) is 38.9. The molecule has 0 aromatic heterocycles. The van der Waals surface area contributed by atoms with Gasteiger partial charge < -0.3 is 9.47 Å². The second-order valence-corrected chi connectivity index (χ2v) is 16.3. The molecule has 0 bridgehead atoms. The van der Waals surface area contributed by atoms with Gasteiger partial charge in [0, 0.05) is 12.1 Å². The summed E-state index contributed by atoms with van der Waals surface area (Å²) in [4.78, 5) is 38.3. The maximum absolute atomic E-state index is 14.3. The molecule has 0 spiro atoms. The lowest BCUT2D eigenvalue weighted by Crippen LogP contribution is -2.54. The molecular formula is C41H48N2O9S. The van der Waals surface area contributed by atoms with Crippen LogP contribution in [0.2, 0.25) is 0 Å². The molecule has 0 aliphatic rings. The summed E-state index contributed by atoms with van der Waals surface area (Å²) in [6.07, 6.45) is 0.116. The number of hydrogen-bond donors (Lipinski definition) is 1. The van der Waals surface area contributed by atoms with Crippen molar-refractivity contribution in [3.05, 3.63) is 142 Å². The molecule has 0 radical (unpaired) electrons. The molecule has 0 fully saturated rings. The fourth-order valence-corrected chi connectivity index (χ4v) is 6.97. The summed E-state index contributed by atoms with van der Waals surface area (Å²) in [5.41, 5.74) is -0.647. The Morgan fingerprint density at radius 3 is 1.64 bits per heavy atom. The standard InChI is InChI=1S/C41H48N2O9S/c1-39(2,3)51-37(44)30(18-17-27-50-53(48,49)35-26-16-25-34(29-35)43(46)47)28-36(38(45)52-40(4,5)6)42-41(31-19-10-7-11-20-31,32-21-12-8-13-22-32)33-23-14-9-15-24-33/h7-16,19-26,29-30,36,42H,17-18,27-28H2,1-6H3/t30-,36-/m0/s1. The third-order valence-electron chi connectivity index (χ3n) is 8.22. The minimum absolute atomic E-state index is 0.0598. The third-order valence-corrected chi connectivity index (χ3v) is 9.52. The van der Waals surface area contributed by atoms with Crippen molar-refractivity contribution in [1.82, 2.24) is 5.32 Å². The molecule has 0 saturated heterocycles. The van der Waals surface area contributed by atoms with Crippen LogP contribution in [0.3, 0.4) is 0 Å². The number of nitrogens with one attached hydrogen (secondary N) is 1. The zero-order valence-electron chi connectivity index (χ0n) is 31.0. The first-order valence-corrected chi connectivity index (χ1v) is 18.9. The molecule has 0 aliphatic carbocycles. The van der Waals surface area contributed by atoms with Gasteiger partial charge in [0.1, 0.15) is 22.1 Å². The first kappa shape index (κ1) is 40.9. The lowest BCUT2D eigenvalue weighted by atomic mass is 9.76. The van der Waals surface area contributed by atoms with Crippen molar-refractivity contribution >= 4 is 27.7 Å². The van der Waals surface area contributed by atoms with Crippen molar-refractivity contribution in [2.24, 2.45) is 5.92 Å². The predicted molar refractivity (Wildman–Crippen MR) is 201 cm³/mol. The Morgan fingerprint density at radius 2 is 1.19 bits per heavy atom. The number of ether oxygens (including phenoxy) is 2. The van der Waals surface area contributed by atoms with Crippen LogP contribution in [0.1, 0.15) is 77.5 Å². The van der Waals surface area contributed by atoms with Crippen molar-refractivity contribution in [2.45, 2.75) is 88.5 Å². The first-order chi connectivity index (χ1) is 24.9. The summed E-state index contributed by atoms with van der Waals surface area (Å²) in [6, 6.07) is 32.6. The number of nitro groups is 1. The summed E-state index contributed by atoms with van der Waals surface area (Å²) < 4.78 is 42.9. The van der Waals surface area contributed by atoms with E-state index in [4.69, 9.17) is 13.7 Å². The molecule has 0 saturated carbocycles. The molecule has 11 nitrogen and oxygen atoms in total. The fraction of sp³-hybridized carbons (Fsp3) is 0.366. The highest BCUT2D eigenvalue weighted by Gasteiger charge is 2.42. The number of hydrogen-bond acceptors (Lipinski definition) is 10. The number of carbonyl (C=O) groups is 2. The minimum Gasteiger partial charge on any atom is -0.460 e. The second kappa shape index (κ2) is 17.3. The van der Waals surface area contributed by atoms with Crippen molar-refractivity contribution in [1.29, 1.82) is 0 Å². The normalized spacial score (nSPS) is 13.5. The van der Waals surface area contributed by atoms with E-state index in [1.54, 1.807) is 41.5 Å². The van der Waals surface area contributed by atoms with Gasteiger partial charge in [-0.15, -0.1) is 0 Å². The van der Waals surface area contributed by atoms with Gasteiger partial charge in [0.25, 0.3) is 15.8 Å². The van der Waals surface area contributed by atoms with E-state index < -0.39 is 61.4 Å². The lowest BCUT2D eigenvalue weighted by Gasteiger charge is -2.40. The van der Waals surface area contributed by atoms with Gasteiger partial charge in [0.15, 0.2) is 0 Å². The molecule has 4 aromatic carbocycles. The number of non-ortho nitro benzene ring substituents is 1. The molecule has 53 heavy (non-hydrogen) atoms. The van der Waals surface area contributed by atoms with E-state index in [0.717, 1.165) is 22.8 Å². The van der Waals surface area contributed by atoms with Crippen molar-refractivity contribution in [3.63, 3.8) is 0 Å². The van der Waals surface area contributed by atoms with E-state index in [2.05, 4.69) is 5.32 Å². The minimum atomic E-state index is -4.34. The molecule has 0 aliphatic heterocycles. The molecule has 2 atom stereocenters. The van der Waals surface area contributed by atoms with Gasteiger partial charge in [-0.1, -0.05) is 97.1 Å². The Morgan fingerprint density at radius 1 is 0.717 bits per heavy atom. The number of carbonyl (C=O) groups excluding carboxylic acids is 2. The van der Waals surface area contributed by atoms with Gasteiger partial charge in [0.05, 0.1) is 23.0 Å². The molecule has 12 heteroatoms. The van der Waals surface area contributed by atoms with Gasteiger partial charge in [-0.05, 0) is 83.6 Å². The molecule has 0 unspecified atom stereocenters. The maximum atomic E-state index is 14.3. The van der Waals surface area contributed by atoms with Crippen LogP contribution in [0.5, 0.6) is 0 Å². The Hall–Kier alpha value is -4.91. The third kappa shape index (κ3) is 11.3. The van der Waals surface area contributed by atoms with Crippen molar-refractivity contribution in [3.8, 4) is 0 Å². The van der Waals surface area contributed by atoms with Crippen molar-refractivity contribution in [2.75, 3.05) is 6.61 Å². The zero-order valence-corrected chi connectivity index (χ0v) is 31.8. The Balaban J connectivity index is 1.73. The molecule has 0 amide bonds. The maximum Gasteiger partial charge on any atom is 0.323 e. The van der Waals surface area contributed by atoms with Gasteiger partial charge >= 0.3 is 11.9 Å². The molecule has 282 valence electrons. The van der Waals surface area contributed by atoms with Crippen LogP contribution < -0.4 is 5.32 Å². The number of rotatable bonds is 16. The highest BCUT2D eigenvalue weighted by Crippen LogP contribution is 2.38. The molecule has 4 aromatic rings. The lowest BCUT2D eigenvalue weighted by molar-refractivity contribution is -0.385. The predicted octanol–water partition coefficient (Wildman–Crippen LogP) is 7.72. The number of nitro benzene ring substituents is 1. The summed E-state index contributed by atoms with van der Waals surface area (Å²) in [6.45, 7) is 10.2. The summed E-state index contributed by atoms with van der Waals surface area (Å²) >= 11 is 0. The van der Waals surface area contributed by atoms with Crippen molar-refractivity contribution < 1.29 is 36.6 Å². The SMILES string of the molecule is CC(C)(C)OC(=O)[C@@H](CCCOS(=O)(=O)c1cccc([N+](=O)[O-])c1)C[C@H](NC(c1ccccc1)(c1ccccc1)c1ccccc1)C(=O)OC(C)(C)C. The number of benzene rings is 4. The van der Waals surface area contributed by atoms with Gasteiger partial charge in [0.2, 0.25) is 0 Å². The van der Waals surface area contributed by atoms with Crippen LogP contribution in [-0.2, 0) is 38.9 Å². The quantitative estimate of drug-likeness (QED) is 0.0302. The van der Waals surface area contributed by atoms with Gasteiger partial charge in [-0.2, -0.15) is 8.42 Å². The topological polar surface area (TPSA) is 151 Å². The number of nitrogens with zero attached hydrogens (tertiary/aromatic N) is 1. The van der Waals surface area contributed by atoms with E-state index in [1.165, 1.54) is 18.2 Å². The van der Waals surface area contributed by atoms with Crippen LogP contribution in [-0.4, -0.2) is 49.1 Å². The smallest absolute Gasteiger partial charge is 0.323 e. The van der Waals surface area contributed by atoms with E-state index in [1.807, 2.05) is 91.0 Å². The first-order valence-electron chi connectivity index (χ1n) is 17.5. The van der Waals surface area contributed by atoms with Crippen LogP contribution in [0.25, 0.3) is 0 Å². The number of esters is 2. The summed E-state index contributed by atoms with van der Waals surface area (Å²) in [5, 5.41) is 14.9. The largest absolute Gasteiger partial charge is 0.460 e. The highest BCUT2D eigenvalue weighted by atomic mass is 32.2. The average Bonchev–Trinajstić information content (AvgIpc) is 3.10. The second-order valence-electron chi connectivity index (χ2n) is 14.7. The highest BCUT2D eigenvalue weighted by molar-refractivity contribution is 7.86. The van der Waals surface area contributed by atoms with Crippen LogP contribution in [0, 0.1) is 16.0 Å². The average molecular weight is 745 g/mol. The van der Waals surface area contributed by atoms with Gasteiger partial charge in [-0.3, -0.25) is 29.2 Å². The van der Waals surface area contributed by atoms with E-state index >= 15 is 0 Å². The van der Waals surface area contributed by atoms with E-state index in [0.29, 0.717) is 0 Å². The fourth-order valence-electron chi connectivity index (χ4n) is 5.98. The molecule has 0 heterocycles. The molecule has 4 rings (SSSR count). The van der Waals surface area contributed by atoms with Crippen LogP contribution >= 0.6 is 0 Å². The Labute approximate surface area is 312 Å². The van der Waals surface area contributed by atoms with E-state index in [-0.39, 0.29) is 30.8 Å². The van der Waals surface area contributed by atoms with Gasteiger partial charge in [-0.25, -0.2) is 0 Å². The van der Waals surface area contributed by atoms with E-state index in [9.17, 15) is 28.1 Å². The van der Waals surface area contributed by atoms with Crippen LogP contribution in [0.4, 0.5) is 5.69 Å². The monoisotopic (exact) mass is 744 g/mol. The Kier molecular flexibility index (Phi) is 13.3. The summed E-state index contributed by atoms with van der Waals surface area (Å²) in [5.74, 6) is -2.05. The Bertz CT molecular complexity index is 1840. The van der Waals surface area contributed by atoms with Crippen LogP contribution in [0.15, 0.2) is 120 Å².